The van der Waals surface area contributed by atoms with Crippen LogP contribution in [0.15, 0.2) is 18.2 Å². The molecule has 1 fully saturated rings. The number of nitrogens with zero attached hydrogens (tertiary/aromatic N) is 2. The van der Waals surface area contributed by atoms with E-state index >= 15 is 0 Å². The predicted octanol–water partition coefficient (Wildman–Crippen LogP) is 0.266. The van der Waals surface area contributed by atoms with E-state index in [-0.39, 0.29) is 5.56 Å². The summed E-state index contributed by atoms with van der Waals surface area (Å²) >= 11 is 0. The summed E-state index contributed by atoms with van der Waals surface area (Å²) in [5.74, 6) is -1.02. The Balaban J connectivity index is 1.94. The van der Waals surface area contributed by atoms with Crippen LogP contribution in [0.25, 0.3) is 0 Å². The first-order chi connectivity index (χ1) is 9.58. The third kappa shape index (κ3) is 3.68. The zero-order valence-corrected chi connectivity index (χ0v) is 11.7. The molecule has 2 rings (SSSR count). The van der Waals surface area contributed by atoms with Crippen molar-refractivity contribution in [1.29, 1.82) is 0 Å². The molecule has 0 spiro atoms. The van der Waals surface area contributed by atoms with E-state index in [1.54, 1.807) is 12.1 Å². The van der Waals surface area contributed by atoms with Gasteiger partial charge < -0.3 is 16.0 Å². The summed E-state index contributed by atoms with van der Waals surface area (Å²) in [6.07, 6.45) is 0. The number of likely N-dealkylation sites (N-methyl/N-ethyl adjacent to an activating group) is 1. The lowest BCUT2D eigenvalue weighted by atomic mass is 10.2. The van der Waals surface area contributed by atoms with Crippen LogP contribution in [0.5, 0.6) is 0 Å². The van der Waals surface area contributed by atoms with Crippen molar-refractivity contribution in [3.63, 3.8) is 0 Å². The van der Waals surface area contributed by atoms with Crippen LogP contribution in [0.1, 0.15) is 10.4 Å². The normalized spacial score (nSPS) is 16.1. The number of rotatable bonds is 5. The largest absolute Gasteiger partial charge is 0.371 e. The van der Waals surface area contributed by atoms with Crippen molar-refractivity contribution in [3.05, 3.63) is 29.6 Å². The number of hydrogen-bond acceptors (Lipinski definition) is 4. The molecule has 0 bridgehead atoms. The molecule has 1 heterocycles. The zero-order valence-electron chi connectivity index (χ0n) is 11.7. The molecule has 6 heteroatoms. The molecule has 110 valence electrons. The van der Waals surface area contributed by atoms with E-state index in [0.29, 0.717) is 5.69 Å². The van der Waals surface area contributed by atoms with E-state index in [0.717, 1.165) is 39.3 Å². The van der Waals surface area contributed by atoms with E-state index in [1.165, 1.54) is 6.07 Å². The van der Waals surface area contributed by atoms with Gasteiger partial charge in [0.15, 0.2) is 0 Å². The number of carbonyl (C=O) groups is 1. The minimum Gasteiger partial charge on any atom is -0.371 e. The molecular formula is C14H21FN4O. The highest BCUT2D eigenvalue weighted by Gasteiger charge is 2.13. The first kappa shape index (κ1) is 14.7. The maximum Gasteiger partial charge on any atom is 0.248 e. The van der Waals surface area contributed by atoms with Gasteiger partial charge in [0.1, 0.15) is 5.82 Å². The molecule has 0 unspecified atom stereocenters. The van der Waals surface area contributed by atoms with Gasteiger partial charge >= 0.3 is 0 Å². The molecule has 1 aliphatic heterocycles. The number of benzene rings is 1. The number of primary amides is 1. The molecule has 0 aliphatic carbocycles. The van der Waals surface area contributed by atoms with Gasteiger partial charge in [0.2, 0.25) is 5.91 Å². The minimum atomic E-state index is -0.612. The SMILES string of the molecule is CN(CCN1CCNCC1)c1ccc(C(N)=O)cc1F. The fourth-order valence-electron chi connectivity index (χ4n) is 2.32. The summed E-state index contributed by atoms with van der Waals surface area (Å²) in [5, 5.41) is 3.30. The standard InChI is InChI=1S/C14H21FN4O/c1-18(8-9-19-6-4-17-5-7-19)13-3-2-11(14(16)20)10-12(13)15/h2-3,10,17H,4-9H2,1H3,(H2,16,20). The lowest BCUT2D eigenvalue weighted by molar-refractivity contribution is 0.1000. The minimum absolute atomic E-state index is 0.196. The van der Waals surface area contributed by atoms with Gasteiger partial charge in [0.05, 0.1) is 5.69 Å². The van der Waals surface area contributed by atoms with Gasteiger partial charge in [-0.25, -0.2) is 4.39 Å². The van der Waals surface area contributed by atoms with E-state index in [4.69, 9.17) is 5.73 Å². The number of hydrogen-bond donors (Lipinski definition) is 2. The van der Waals surface area contributed by atoms with Crippen LogP contribution in [0.2, 0.25) is 0 Å². The van der Waals surface area contributed by atoms with Gasteiger partial charge in [-0.3, -0.25) is 9.69 Å². The Morgan fingerprint density at radius 1 is 1.45 bits per heavy atom. The first-order valence-electron chi connectivity index (χ1n) is 6.81. The molecular weight excluding hydrogens is 259 g/mol. The summed E-state index contributed by atoms with van der Waals surface area (Å²) in [4.78, 5) is 15.2. The molecule has 20 heavy (non-hydrogen) atoms. The molecule has 1 aliphatic rings. The number of amides is 1. The van der Waals surface area contributed by atoms with Crippen LogP contribution in [-0.2, 0) is 0 Å². The topological polar surface area (TPSA) is 61.6 Å². The summed E-state index contributed by atoms with van der Waals surface area (Å²) in [5.41, 5.74) is 5.82. The van der Waals surface area contributed by atoms with Crippen molar-refractivity contribution in [3.8, 4) is 0 Å². The predicted molar refractivity (Wildman–Crippen MR) is 77.5 cm³/mol. The number of anilines is 1. The summed E-state index contributed by atoms with van der Waals surface area (Å²) in [6, 6.07) is 4.36. The van der Waals surface area contributed by atoms with Crippen molar-refractivity contribution in [2.24, 2.45) is 5.73 Å². The molecule has 1 aromatic rings. The number of nitrogens with two attached hydrogens (primary N) is 1. The summed E-state index contributed by atoms with van der Waals surface area (Å²) < 4.78 is 14.0. The molecule has 1 amide bonds. The fraction of sp³-hybridized carbons (Fsp3) is 0.500. The molecule has 1 aromatic carbocycles. The molecule has 0 radical (unpaired) electrons. The second-order valence-corrected chi connectivity index (χ2v) is 5.04. The lowest BCUT2D eigenvalue weighted by Gasteiger charge is -2.29. The molecule has 0 aromatic heterocycles. The number of halogens is 1. The van der Waals surface area contributed by atoms with Gasteiger partial charge in [0, 0.05) is 51.9 Å². The third-order valence-corrected chi connectivity index (χ3v) is 3.60. The second-order valence-electron chi connectivity index (χ2n) is 5.04. The van der Waals surface area contributed by atoms with E-state index in [2.05, 4.69) is 10.2 Å². The Morgan fingerprint density at radius 3 is 2.75 bits per heavy atom. The second kappa shape index (κ2) is 6.67. The van der Waals surface area contributed by atoms with Crippen LogP contribution in [-0.4, -0.2) is 57.1 Å². The smallest absolute Gasteiger partial charge is 0.248 e. The van der Waals surface area contributed by atoms with Crippen molar-refractivity contribution < 1.29 is 9.18 Å². The van der Waals surface area contributed by atoms with Crippen LogP contribution in [0.3, 0.4) is 0 Å². The Hall–Kier alpha value is -1.66. The van der Waals surface area contributed by atoms with Crippen LogP contribution in [0, 0.1) is 5.82 Å². The third-order valence-electron chi connectivity index (χ3n) is 3.60. The van der Waals surface area contributed by atoms with Gasteiger partial charge in [0.25, 0.3) is 0 Å². The zero-order chi connectivity index (χ0) is 14.5. The Morgan fingerprint density at radius 2 is 2.15 bits per heavy atom. The molecule has 3 N–H and O–H groups in total. The van der Waals surface area contributed by atoms with Crippen LogP contribution >= 0.6 is 0 Å². The average molecular weight is 280 g/mol. The van der Waals surface area contributed by atoms with Crippen molar-refractivity contribution in [1.82, 2.24) is 10.2 Å². The highest BCUT2D eigenvalue weighted by Crippen LogP contribution is 2.19. The lowest BCUT2D eigenvalue weighted by Crippen LogP contribution is -2.46. The molecule has 0 saturated carbocycles. The van der Waals surface area contributed by atoms with E-state index < -0.39 is 11.7 Å². The highest BCUT2D eigenvalue weighted by atomic mass is 19.1. The quantitative estimate of drug-likeness (QED) is 0.812. The van der Waals surface area contributed by atoms with Crippen LogP contribution in [0.4, 0.5) is 10.1 Å². The fourth-order valence-corrected chi connectivity index (χ4v) is 2.32. The number of nitrogens with one attached hydrogen (secondary N) is 1. The maximum absolute atomic E-state index is 14.0. The highest BCUT2D eigenvalue weighted by molar-refractivity contribution is 5.93. The van der Waals surface area contributed by atoms with Gasteiger partial charge in [-0.05, 0) is 18.2 Å². The van der Waals surface area contributed by atoms with Crippen molar-refractivity contribution in [2.75, 3.05) is 51.2 Å². The first-order valence-corrected chi connectivity index (χ1v) is 6.81. The van der Waals surface area contributed by atoms with Gasteiger partial charge in [-0.15, -0.1) is 0 Å². The summed E-state index contributed by atoms with van der Waals surface area (Å²) in [7, 11) is 1.85. The monoisotopic (exact) mass is 280 g/mol. The van der Waals surface area contributed by atoms with E-state index in [9.17, 15) is 9.18 Å². The Labute approximate surface area is 118 Å². The Kier molecular flexibility index (Phi) is 4.92. The Bertz CT molecular complexity index is 474. The molecule has 1 saturated heterocycles. The maximum atomic E-state index is 14.0. The van der Waals surface area contributed by atoms with Crippen LogP contribution < -0.4 is 16.0 Å². The van der Waals surface area contributed by atoms with E-state index in [1.807, 2.05) is 11.9 Å². The number of piperazine rings is 1. The van der Waals surface area contributed by atoms with Crippen molar-refractivity contribution in [2.45, 2.75) is 0 Å². The molecule has 0 atom stereocenters. The van der Waals surface area contributed by atoms with Gasteiger partial charge in [-0.1, -0.05) is 0 Å². The molecule has 5 nitrogen and oxygen atoms in total. The average Bonchev–Trinajstić information content (AvgIpc) is 2.45. The number of carbonyl (C=O) groups excluding carboxylic acids is 1. The van der Waals surface area contributed by atoms with Gasteiger partial charge in [-0.2, -0.15) is 0 Å². The summed E-state index contributed by atoms with van der Waals surface area (Å²) in [6.45, 7) is 5.70. The van der Waals surface area contributed by atoms with Crippen molar-refractivity contribution >= 4 is 11.6 Å².